The van der Waals surface area contributed by atoms with Gasteiger partial charge in [-0.05, 0) is 38.3 Å². The van der Waals surface area contributed by atoms with Gasteiger partial charge in [-0.1, -0.05) is 18.2 Å². The summed E-state index contributed by atoms with van der Waals surface area (Å²) in [6.07, 6.45) is 2.31. The Kier molecular flexibility index (Phi) is 3.59. The third kappa shape index (κ3) is 2.30. The molecule has 3 heterocycles. The van der Waals surface area contributed by atoms with Crippen molar-refractivity contribution in [1.29, 1.82) is 0 Å². The van der Waals surface area contributed by atoms with Crippen LogP contribution in [0.2, 0.25) is 0 Å². The van der Waals surface area contributed by atoms with Gasteiger partial charge < -0.3 is 9.64 Å². The zero-order chi connectivity index (χ0) is 16.8. The number of ether oxygens (including phenoxy) is 1. The topological polar surface area (TPSA) is 47.4 Å². The fourth-order valence-electron chi connectivity index (χ4n) is 4.11. The molecule has 0 saturated carbocycles. The van der Waals surface area contributed by atoms with Crippen molar-refractivity contribution >= 4 is 5.91 Å². The van der Waals surface area contributed by atoms with Crippen LogP contribution in [-0.4, -0.2) is 33.2 Å². The molecule has 1 fully saturated rings. The Morgan fingerprint density at radius 3 is 2.79 bits per heavy atom. The van der Waals surface area contributed by atoms with Gasteiger partial charge in [0.1, 0.15) is 5.75 Å². The first-order valence-electron chi connectivity index (χ1n) is 8.61. The highest BCUT2D eigenvalue weighted by molar-refractivity contribution is 5.83. The molecule has 5 heteroatoms. The van der Waals surface area contributed by atoms with E-state index in [1.54, 1.807) is 0 Å². The Labute approximate surface area is 142 Å². The van der Waals surface area contributed by atoms with E-state index < -0.39 is 0 Å². The minimum atomic E-state index is -0.389. The molecule has 126 valence electrons. The van der Waals surface area contributed by atoms with Crippen molar-refractivity contribution < 1.29 is 9.53 Å². The van der Waals surface area contributed by atoms with E-state index in [2.05, 4.69) is 12.0 Å². The number of rotatable bonds is 2. The number of nitrogens with zero attached hydrogens (tertiary/aromatic N) is 3. The number of hydrogen-bond donors (Lipinski definition) is 0. The van der Waals surface area contributed by atoms with E-state index in [4.69, 9.17) is 4.74 Å². The lowest BCUT2D eigenvalue weighted by molar-refractivity contribution is -0.138. The van der Waals surface area contributed by atoms with Crippen LogP contribution in [0.25, 0.3) is 0 Å². The molecule has 0 spiro atoms. The lowest BCUT2D eigenvalue weighted by atomic mass is 10.0. The smallest absolute Gasteiger partial charge is 0.264 e. The number of amides is 1. The second-order valence-electron chi connectivity index (χ2n) is 6.82. The molecule has 0 bridgehead atoms. The summed E-state index contributed by atoms with van der Waals surface area (Å²) >= 11 is 0. The van der Waals surface area contributed by atoms with Crippen molar-refractivity contribution in [1.82, 2.24) is 14.7 Å². The third-order valence-electron chi connectivity index (χ3n) is 5.36. The van der Waals surface area contributed by atoms with E-state index in [1.165, 1.54) is 5.56 Å². The summed E-state index contributed by atoms with van der Waals surface area (Å²) < 4.78 is 7.83. The number of para-hydroxylation sites is 1. The standard InChI is InChI=1S/C19H23N3O2/c1-12-18(13(2)21(3)20-12)15-8-6-10-22(15)19(23)17-11-14-7-4-5-9-16(14)24-17/h4-5,7,9,15,17H,6,8,10-11H2,1-3H3/t15-,17-/m1/s1. The van der Waals surface area contributed by atoms with E-state index in [1.807, 2.05) is 47.8 Å². The molecular weight excluding hydrogens is 302 g/mol. The van der Waals surface area contributed by atoms with Gasteiger partial charge in [-0.3, -0.25) is 9.48 Å². The molecule has 2 aliphatic heterocycles. The van der Waals surface area contributed by atoms with Crippen LogP contribution in [0.5, 0.6) is 5.75 Å². The predicted octanol–water partition coefficient (Wildman–Crippen LogP) is 2.70. The predicted molar refractivity (Wildman–Crippen MR) is 90.9 cm³/mol. The van der Waals surface area contributed by atoms with Crippen LogP contribution in [0.3, 0.4) is 0 Å². The number of hydrogen-bond acceptors (Lipinski definition) is 3. The van der Waals surface area contributed by atoms with E-state index >= 15 is 0 Å². The van der Waals surface area contributed by atoms with Crippen molar-refractivity contribution in [3.05, 3.63) is 46.8 Å². The highest BCUT2D eigenvalue weighted by atomic mass is 16.5. The number of aromatic nitrogens is 2. The molecule has 0 aliphatic carbocycles. The minimum absolute atomic E-state index is 0.108. The summed E-state index contributed by atoms with van der Waals surface area (Å²) in [5.41, 5.74) is 4.50. The molecular formula is C19H23N3O2. The van der Waals surface area contributed by atoms with Gasteiger partial charge >= 0.3 is 0 Å². The van der Waals surface area contributed by atoms with E-state index in [9.17, 15) is 4.79 Å². The summed E-state index contributed by atoms with van der Waals surface area (Å²) in [5, 5.41) is 4.53. The molecule has 1 aromatic carbocycles. The highest BCUT2D eigenvalue weighted by Crippen LogP contribution is 2.37. The van der Waals surface area contributed by atoms with Crippen LogP contribution in [-0.2, 0) is 18.3 Å². The maximum Gasteiger partial charge on any atom is 0.264 e. The van der Waals surface area contributed by atoms with Crippen molar-refractivity contribution in [3.8, 4) is 5.75 Å². The van der Waals surface area contributed by atoms with Gasteiger partial charge in [-0.25, -0.2) is 0 Å². The van der Waals surface area contributed by atoms with Crippen LogP contribution in [0.15, 0.2) is 24.3 Å². The number of aryl methyl sites for hydroxylation is 2. The largest absolute Gasteiger partial charge is 0.480 e. The molecule has 5 nitrogen and oxygen atoms in total. The first-order chi connectivity index (χ1) is 11.6. The van der Waals surface area contributed by atoms with Crippen LogP contribution < -0.4 is 4.74 Å². The summed E-state index contributed by atoms with van der Waals surface area (Å²) in [6, 6.07) is 8.06. The summed E-state index contributed by atoms with van der Waals surface area (Å²) in [6.45, 7) is 4.91. The summed E-state index contributed by atoms with van der Waals surface area (Å²) in [7, 11) is 1.96. The lowest BCUT2D eigenvalue weighted by Gasteiger charge is -2.27. The van der Waals surface area contributed by atoms with Gasteiger partial charge in [0.2, 0.25) is 0 Å². The van der Waals surface area contributed by atoms with Gasteiger partial charge in [0, 0.05) is 31.3 Å². The molecule has 2 atom stereocenters. The fraction of sp³-hybridized carbons (Fsp3) is 0.474. The molecule has 2 aliphatic rings. The van der Waals surface area contributed by atoms with Crippen LogP contribution in [0.4, 0.5) is 0 Å². The SMILES string of the molecule is Cc1nn(C)c(C)c1[C@H]1CCCN1C(=O)[C@H]1Cc2ccccc2O1. The molecule has 24 heavy (non-hydrogen) atoms. The Morgan fingerprint density at radius 1 is 1.29 bits per heavy atom. The van der Waals surface area contributed by atoms with Crippen molar-refractivity contribution in [2.24, 2.45) is 7.05 Å². The van der Waals surface area contributed by atoms with Crippen LogP contribution >= 0.6 is 0 Å². The average molecular weight is 325 g/mol. The molecule has 1 aromatic heterocycles. The Hall–Kier alpha value is -2.30. The molecule has 0 radical (unpaired) electrons. The van der Waals surface area contributed by atoms with Gasteiger partial charge in [0.25, 0.3) is 5.91 Å². The maximum absolute atomic E-state index is 13.1. The normalized spacial score (nSPS) is 22.5. The number of fused-ring (bicyclic) bond motifs is 1. The maximum atomic E-state index is 13.1. The van der Waals surface area contributed by atoms with Crippen LogP contribution in [0, 0.1) is 13.8 Å². The third-order valence-corrected chi connectivity index (χ3v) is 5.36. The second-order valence-corrected chi connectivity index (χ2v) is 6.82. The lowest BCUT2D eigenvalue weighted by Crippen LogP contribution is -2.41. The Morgan fingerprint density at radius 2 is 2.08 bits per heavy atom. The van der Waals surface area contributed by atoms with Crippen molar-refractivity contribution in [2.45, 2.75) is 45.3 Å². The molecule has 4 rings (SSSR count). The number of carbonyl (C=O) groups is 1. The molecule has 0 N–H and O–H groups in total. The van der Waals surface area contributed by atoms with Gasteiger partial charge in [-0.15, -0.1) is 0 Å². The molecule has 2 aromatic rings. The first kappa shape index (κ1) is 15.2. The average Bonchev–Trinajstić information content (AvgIpc) is 3.25. The second kappa shape index (κ2) is 5.65. The van der Waals surface area contributed by atoms with Gasteiger partial charge in [0.05, 0.1) is 11.7 Å². The molecule has 1 saturated heterocycles. The Balaban J connectivity index is 1.59. The zero-order valence-corrected chi connectivity index (χ0v) is 14.5. The zero-order valence-electron chi connectivity index (χ0n) is 14.5. The van der Waals surface area contributed by atoms with E-state index in [0.29, 0.717) is 6.42 Å². The Bertz CT molecular complexity index is 771. The summed E-state index contributed by atoms with van der Waals surface area (Å²) in [5.74, 6) is 0.955. The number of benzene rings is 1. The number of carbonyl (C=O) groups excluding carboxylic acids is 1. The molecule has 0 unspecified atom stereocenters. The number of likely N-dealkylation sites (tertiary alicyclic amines) is 1. The molecule has 1 amide bonds. The van der Waals surface area contributed by atoms with Crippen LogP contribution in [0.1, 0.15) is 41.4 Å². The quantitative estimate of drug-likeness (QED) is 0.853. The summed E-state index contributed by atoms with van der Waals surface area (Å²) in [4.78, 5) is 15.1. The van der Waals surface area contributed by atoms with E-state index in [-0.39, 0.29) is 18.1 Å². The van der Waals surface area contributed by atoms with Gasteiger partial charge in [-0.2, -0.15) is 5.10 Å². The monoisotopic (exact) mass is 325 g/mol. The first-order valence-corrected chi connectivity index (χ1v) is 8.61. The highest BCUT2D eigenvalue weighted by Gasteiger charge is 2.39. The minimum Gasteiger partial charge on any atom is -0.480 e. The van der Waals surface area contributed by atoms with Crippen molar-refractivity contribution in [3.63, 3.8) is 0 Å². The van der Waals surface area contributed by atoms with Gasteiger partial charge in [0.15, 0.2) is 6.10 Å². The van der Waals surface area contributed by atoms with Crippen molar-refractivity contribution in [2.75, 3.05) is 6.54 Å². The fourth-order valence-corrected chi connectivity index (χ4v) is 4.11. The van der Waals surface area contributed by atoms with E-state index in [0.717, 1.165) is 42.1 Å².